The van der Waals surface area contributed by atoms with Crippen molar-refractivity contribution in [2.45, 2.75) is 32.7 Å². The van der Waals surface area contributed by atoms with Crippen LogP contribution in [0.15, 0.2) is 24.3 Å². The number of nitrogens with zero attached hydrogens (tertiary/aromatic N) is 2. The summed E-state index contributed by atoms with van der Waals surface area (Å²) < 4.78 is 0. The van der Waals surface area contributed by atoms with Crippen LogP contribution in [0.5, 0.6) is 0 Å². The van der Waals surface area contributed by atoms with E-state index in [1.807, 2.05) is 6.92 Å². The number of hydrogen-bond acceptors (Lipinski definition) is 4. The Labute approximate surface area is 139 Å². The fourth-order valence-electron chi connectivity index (χ4n) is 2.89. The van der Waals surface area contributed by atoms with Crippen molar-refractivity contribution in [2.75, 3.05) is 44.2 Å². The minimum Gasteiger partial charge on any atom is -0.394 e. The fourth-order valence-corrected chi connectivity index (χ4v) is 2.89. The summed E-state index contributed by atoms with van der Waals surface area (Å²) >= 11 is 0. The first-order chi connectivity index (χ1) is 11.1. The molecule has 128 valence electrons. The molecule has 0 bridgehead atoms. The smallest absolute Gasteiger partial charge is 0.221 e. The molecule has 0 radical (unpaired) electrons. The maximum atomic E-state index is 11.9. The first kappa shape index (κ1) is 17.8. The van der Waals surface area contributed by atoms with Gasteiger partial charge in [0.15, 0.2) is 0 Å². The van der Waals surface area contributed by atoms with Gasteiger partial charge in [0.25, 0.3) is 0 Å². The molecule has 0 aliphatic carbocycles. The van der Waals surface area contributed by atoms with Crippen LogP contribution in [0.4, 0.5) is 5.69 Å². The van der Waals surface area contributed by atoms with Crippen molar-refractivity contribution in [1.82, 2.24) is 10.2 Å². The number of piperazine rings is 1. The largest absolute Gasteiger partial charge is 0.394 e. The number of hydrogen-bond donors (Lipinski definition) is 2. The number of carbonyl (C=O) groups excluding carboxylic acids is 1. The second-order valence-corrected chi connectivity index (χ2v) is 6.27. The molecule has 1 aliphatic rings. The predicted molar refractivity (Wildman–Crippen MR) is 93.8 cm³/mol. The Morgan fingerprint density at radius 3 is 2.65 bits per heavy atom. The van der Waals surface area contributed by atoms with Crippen molar-refractivity contribution < 1.29 is 9.90 Å². The summed E-state index contributed by atoms with van der Waals surface area (Å²) in [6.45, 7) is 8.85. The molecule has 0 aromatic heterocycles. The lowest BCUT2D eigenvalue weighted by atomic mass is 10.2. The molecule has 0 saturated carbocycles. The van der Waals surface area contributed by atoms with Crippen molar-refractivity contribution in [3.05, 3.63) is 29.8 Å². The number of carbonyl (C=O) groups is 1. The van der Waals surface area contributed by atoms with E-state index in [4.69, 9.17) is 5.11 Å². The van der Waals surface area contributed by atoms with Crippen molar-refractivity contribution in [2.24, 2.45) is 0 Å². The normalized spacial score (nSPS) is 17.1. The number of rotatable bonds is 7. The second-order valence-electron chi connectivity index (χ2n) is 6.27. The van der Waals surface area contributed by atoms with E-state index in [2.05, 4.69) is 46.3 Å². The van der Waals surface area contributed by atoms with Gasteiger partial charge in [-0.05, 0) is 31.0 Å². The zero-order valence-electron chi connectivity index (χ0n) is 14.3. The summed E-state index contributed by atoms with van der Waals surface area (Å²) in [5.41, 5.74) is 2.58. The van der Waals surface area contributed by atoms with Gasteiger partial charge in [-0.15, -0.1) is 0 Å². The molecule has 1 aromatic carbocycles. The van der Waals surface area contributed by atoms with Crippen LogP contribution in [-0.4, -0.2) is 61.3 Å². The molecule has 1 saturated heterocycles. The lowest BCUT2D eigenvalue weighted by molar-refractivity contribution is -0.122. The highest BCUT2D eigenvalue weighted by atomic mass is 16.3. The van der Waals surface area contributed by atoms with Crippen LogP contribution in [0.25, 0.3) is 0 Å². The summed E-state index contributed by atoms with van der Waals surface area (Å²) in [5.74, 6) is 0.0343. The monoisotopic (exact) mass is 319 g/mol. The Hall–Kier alpha value is -1.59. The standard InChI is InChI=1S/C18H29N3O2/c1-3-16(14-22)19-18(23)7-8-20-9-11-21(12-10-20)17-6-4-5-15(2)13-17/h4-6,13,16,22H,3,7-12,14H2,1-2H3,(H,19,23). The zero-order valence-corrected chi connectivity index (χ0v) is 14.3. The topological polar surface area (TPSA) is 55.8 Å². The average Bonchev–Trinajstić information content (AvgIpc) is 2.58. The van der Waals surface area contributed by atoms with Crippen LogP contribution in [0.2, 0.25) is 0 Å². The van der Waals surface area contributed by atoms with Crippen LogP contribution in [0, 0.1) is 6.92 Å². The molecular formula is C18H29N3O2. The van der Waals surface area contributed by atoms with Gasteiger partial charge in [0.05, 0.1) is 12.6 Å². The van der Waals surface area contributed by atoms with Gasteiger partial charge in [0, 0.05) is 44.8 Å². The van der Waals surface area contributed by atoms with Crippen molar-refractivity contribution in [1.29, 1.82) is 0 Å². The number of amides is 1. The highest BCUT2D eigenvalue weighted by Crippen LogP contribution is 2.17. The van der Waals surface area contributed by atoms with Gasteiger partial charge >= 0.3 is 0 Å². The molecule has 1 aliphatic heterocycles. The average molecular weight is 319 g/mol. The SMILES string of the molecule is CCC(CO)NC(=O)CCN1CCN(c2cccc(C)c2)CC1. The Kier molecular flexibility index (Phi) is 6.86. The van der Waals surface area contributed by atoms with Crippen molar-refractivity contribution in [3.8, 4) is 0 Å². The maximum Gasteiger partial charge on any atom is 0.221 e. The summed E-state index contributed by atoms with van der Waals surface area (Å²) in [4.78, 5) is 16.6. The molecule has 1 heterocycles. The van der Waals surface area contributed by atoms with Crippen LogP contribution < -0.4 is 10.2 Å². The lowest BCUT2D eigenvalue weighted by Gasteiger charge is -2.36. The van der Waals surface area contributed by atoms with Gasteiger partial charge < -0.3 is 15.3 Å². The first-order valence-electron chi connectivity index (χ1n) is 8.56. The number of anilines is 1. The number of aryl methyl sites for hydroxylation is 1. The van der Waals surface area contributed by atoms with Crippen LogP contribution in [0.1, 0.15) is 25.3 Å². The lowest BCUT2D eigenvalue weighted by Crippen LogP contribution is -2.47. The van der Waals surface area contributed by atoms with Gasteiger partial charge in [-0.25, -0.2) is 0 Å². The van der Waals surface area contributed by atoms with Gasteiger partial charge in [-0.3, -0.25) is 9.69 Å². The van der Waals surface area contributed by atoms with Crippen LogP contribution in [-0.2, 0) is 4.79 Å². The Balaban J connectivity index is 1.71. The van der Waals surface area contributed by atoms with E-state index in [0.29, 0.717) is 6.42 Å². The third-order valence-corrected chi connectivity index (χ3v) is 4.47. The minimum absolute atomic E-state index is 0.0113. The number of nitrogens with one attached hydrogen (secondary N) is 1. The Morgan fingerprint density at radius 1 is 1.30 bits per heavy atom. The van der Waals surface area contributed by atoms with E-state index >= 15 is 0 Å². The third-order valence-electron chi connectivity index (χ3n) is 4.47. The fraction of sp³-hybridized carbons (Fsp3) is 0.611. The first-order valence-corrected chi connectivity index (χ1v) is 8.56. The molecule has 2 N–H and O–H groups in total. The highest BCUT2D eigenvalue weighted by molar-refractivity contribution is 5.76. The van der Waals surface area contributed by atoms with Gasteiger partial charge in [0.2, 0.25) is 5.91 Å². The molecule has 1 unspecified atom stereocenters. The molecule has 23 heavy (non-hydrogen) atoms. The van der Waals surface area contributed by atoms with Gasteiger partial charge in [-0.1, -0.05) is 19.1 Å². The Bertz CT molecular complexity index is 495. The number of aliphatic hydroxyl groups is 1. The molecule has 1 atom stereocenters. The van der Waals surface area contributed by atoms with Crippen molar-refractivity contribution >= 4 is 11.6 Å². The molecule has 1 aromatic rings. The van der Waals surface area contributed by atoms with E-state index in [-0.39, 0.29) is 18.6 Å². The molecule has 5 nitrogen and oxygen atoms in total. The van der Waals surface area contributed by atoms with E-state index in [1.54, 1.807) is 0 Å². The van der Waals surface area contributed by atoms with Crippen LogP contribution in [0.3, 0.4) is 0 Å². The molecular weight excluding hydrogens is 290 g/mol. The van der Waals surface area contributed by atoms with E-state index in [0.717, 1.165) is 39.1 Å². The summed E-state index contributed by atoms with van der Waals surface area (Å²) in [6, 6.07) is 8.50. The minimum atomic E-state index is -0.110. The van der Waals surface area contributed by atoms with E-state index in [1.165, 1.54) is 11.3 Å². The summed E-state index contributed by atoms with van der Waals surface area (Å²) in [7, 11) is 0. The van der Waals surface area contributed by atoms with Crippen molar-refractivity contribution in [3.63, 3.8) is 0 Å². The number of aliphatic hydroxyl groups excluding tert-OH is 1. The van der Waals surface area contributed by atoms with Crippen LogP contribution >= 0.6 is 0 Å². The molecule has 5 heteroatoms. The van der Waals surface area contributed by atoms with Gasteiger partial charge in [-0.2, -0.15) is 0 Å². The third kappa shape index (κ3) is 5.52. The molecule has 1 fully saturated rings. The molecule has 2 rings (SSSR count). The van der Waals surface area contributed by atoms with E-state index < -0.39 is 0 Å². The number of benzene rings is 1. The highest BCUT2D eigenvalue weighted by Gasteiger charge is 2.18. The molecule has 1 amide bonds. The predicted octanol–water partition coefficient (Wildman–Crippen LogP) is 1.39. The quantitative estimate of drug-likeness (QED) is 0.797. The summed E-state index contributed by atoms with van der Waals surface area (Å²) in [6.07, 6.45) is 1.26. The Morgan fingerprint density at radius 2 is 2.04 bits per heavy atom. The second kappa shape index (κ2) is 8.89. The van der Waals surface area contributed by atoms with E-state index in [9.17, 15) is 4.79 Å². The zero-order chi connectivity index (χ0) is 16.7. The van der Waals surface area contributed by atoms with Gasteiger partial charge in [0.1, 0.15) is 0 Å². The maximum absolute atomic E-state index is 11.9. The molecule has 0 spiro atoms. The summed E-state index contributed by atoms with van der Waals surface area (Å²) in [5, 5.41) is 12.0.